The van der Waals surface area contributed by atoms with Crippen molar-refractivity contribution in [1.82, 2.24) is 14.5 Å². The lowest BCUT2D eigenvalue weighted by Crippen LogP contribution is -2.61. The van der Waals surface area contributed by atoms with Gasteiger partial charge in [-0.15, -0.1) is 0 Å². The highest BCUT2D eigenvalue weighted by Crippen LogP contribution is 2.38. The average molecular weight is 729 g/mol. The van der Waals surface area contributed by atoms with Gasteiger partial charge in [-0.25, -0.2) is 8.42 Å². The maximum Gasteiger partial charge on any atom is 0.243 e. The number of aliphatic hydroxyl groups is 1. The zero-order valence-electron chi connectivity index (χ0n) is 29.4. The lowest BCUT2D eigenvalue weighted by molar-refractivity contribution is -0.273. The molecule has 1 aliphatic carbocycles. The van der Waals surface area contributed by atoms with E-state index in [0.29, 0.717) is 43.9 Å². The van der Waals surface area contributed by atoms with Crippen molar-refractivity contribution < 1.29 is 47.2 Å². The summed E-state index contributed by atoms with van der Waals surface area (Å²) in [6, 6.07) is 11.9. The molecule has 6 rings (SSSR count). The van der Waals surface area contributed by atoms with Crippen LogP contribution in [0.5, 0.6) is 11.5 Å². The van der Waals surface area contributed by atoms with Gasteiger partial charge in [0.05, 0.1) is 36.3 Å². The third-order valence-corrected chi connectivity index (χ3v) is 12.5. The number of amides is 2. The Hall–Kier alpha value is -3.43. The van der Waals surface area contributed by atoms with Gasteiger partial charge in [-0.05, 0) is 61.6 Å². The summed E-state index contributed by atoms with van der Waals surface area (Å²) in [5.41, 5.74) is 0.189. The van der Waals surface area contributed by atoms with Gasteiger partial charge in [0, 0.05) is 37.5 Å². The SMILES string of the molecule is CC(C)(CCCNC(=O)C1CCCC1)CN(C[C@@H](O)[C@H](Cc1ccccc1)N(C(=O)[O-])[C@H]1CO[C@H]2OCC[C@H]21)S(=O)(=O)c1ccc2c(c1)OCO2. The number of benzene rings is 2. The third-order valence-electron chi connectivity index (χ3n) is 10.7. The van der Waals surface area contributed by atoms with Crippen molar-refractivity contribution in [3.05, 3.63) is 54.1 Å². The normalized spacial score (nSPS) is 22.9. The van der Waals surface area contributed by atoms with Crippen LogP contribution >= 0.6 is 0 Å². The second-order valence-corrected chi connectivity index (χ2v) is 16.9. The summed E-state index contributed by atoms with van der Waals surface area (Å²) >= 11 is 0. The molecule has 0 unspecified atom stereocenters. The second-order valence-electron chi connectivity index (χ2n) is 14.9. The highest BCUT2D eigenvalue weighted by atomic mass is 32.2. The van der Waals surface area contributed by atoms with Gasteiger partial charge in [0.2, 0.25) is 22.7 Å². The van der Waals surface area contributed by atoms with E-state index in [-0.39, 0.29) is 49.0 Å². The number of nitrogens with zero attached hydrogens (tertiary/aromatic N) is 2. The van der Waals surface area contributed by atoms with Crippen LogP contribution in [0.15, 0.2) is 53.4 Å². The van der Waals surface area contributed by atoms with Crippen LogP contribution in [0.4, 0.5) is 4.79 Å². The molecule has 13 nitrogen and oxygen atoms in total. The summed E-state index contributed by atoms with van der Waals surface area (Å²) in [7, 11) is -4.25. The Balaban J connectivity index is 1.26. The summed E-state index contributed by atoms with van der Waals surface area (Å²) in [5.74, 6) is 0.629. The quantitative estimate of drug-likeness (QED) is 0.246. The Bertz CT molecular complexity index is 1620. The molecule has 0 bridgehead atoms. The van der Waals surface area contributed by atoms with Crippen LogP contribution < -0.4 is 19.9 Å². The van der Waals surface area contributed by atoms with Crippen molar-refractivity contribution in [2.45, 2.75) is 94.6 Å². The Morgan fingerprint density at radius 2 is 1.78 bits per heavy atom. The van der Waals surface area contributed by atoms with Gasteiger partial charge < -0.3 is 44.2 Å². The molecular formula is C37H50N3O10S-. The molecule has 0 spiro atoms. The fraction of sp³-hybridized carbons (Fsp3) is 0.622. The van der Waals surface area contributed by atoms with Crippen LogP contribution in [0.3, 0.4) is 0 Å². The lowest BCUT2D eigenvalue weighted by Gasteiger charge is -2.43. The number of hydrogen-bond donors (Lipinski definition) is 2. The first-order chi connectivity index (χ1) is 24.4. The summed E-state index contributed by atoms with van der Waals surface area (Å²) < 4.78 is 52.6. The first-order valence-corrected chi connectivity index (χ1v) is 19.5. The maximum atomic E-state index is 14.5. The number of hydrogen-bond acceptors (Lipinski definition) is 10. The number of sulfonamides is 1. The van der Waals surface area contributed by atoms with Crippen molar-refractivity contribution in [1.29, 1.82) is 0 Å². The summed E-state index contributed by atoms with van der Waals surface area (Å²) in [5, 5.41) is 28.1. The van der Waals surface area contributed by atoms with Crippen molar-refractivity contribution in [3.63, 3.8) is 0 Å². The number of fused-ring (bicyclic) bond motifs is 2. The van der Waals surface area contributed by atoms with Gasteiger partial charge >= 0.3 is 0 Å². The largest absolute Gasteiger partial charge is 0.530 e. The first-order valence-electron chi connectivity index (χ1n) is 18.0. The second kappa shape index (κ2) is 16.1. The zero-order valence-corrected chi connectivity index (χ0v) is 30.2. The predicted molar refractivity (Wildman–Crippen MR) is 184 cm³/mol. The van der Waals surface area contributed by atoms with Crippen LogP contribution in [-0.2, 0) is 30.7 Å². The molecule has 2 aromatic rings. The van der Waals surface area contributed by atoms with Gasteiger partial charge in [-0.3, -0.25) is 4.79 Å². The zero-order chi connectivity index (χ0) is 36.2. The number of carbonyl (C=O) groups is 2. The van der Waals surface area contributed by atoms with E-state index in [1.807, 2.05) is 44.2 Å². The van der Waals surface area contributed by atoms with Crippen molar-refractivity contribution in [2.24, 2.45) is 17.3 Å². The molecule has 0 aromatic heterocycles. The van der Waals surface area contributed by atoms with Crippen molar-refractivity contribution in [2.75, 3.05) is 39.6 Å². The molecule has 3 heterocycles. The molecule has 2 saturated heterocycles. The van der Waals surface area contributed by atoms with Crippen LogP contribution in [0, 0.1) is 17.3 Å². The topological polar surface area (TPSA) is 167 Å². The van der Waals surface area contributed by atoms with E-state index < -0.39 is 52.6 Å². The van der Waals surface area contributed by atoms with E-state index >= 15 is 0 Å². The Morgan fingerprint density at radius 1 is 1.04 bits per heavy atom. The summed E-state index contributed by atoms with van der Waals surface area (Å²) in [6.45, 7) is 4.49. The monoisotopic (exact) mass is 728 g/mol. The minimum Gasteiger partial charge on any atom is -0.530 e. The standard InChI is InChI=1S/C37H51N3O10S/c1-37(2,16-8-17-38-34(42)26-11-6-7-12-26)23-39(51(45,46)27-13-14-32-33(20-27)50-24-49-32)21-31(41)29(19-25-9-4-3-5-10-25)40(36(43)44)30-22-48-35-28(30)15-18-47-35/h3-5,9-10,13-14,20,26,28-31,35,41H,6-8,11-12,15-19,21-24H2,1-2H3,(H,38,42)(H,43,44)/p-1/t28-,29-,30-,31+,35+/m0/s1. The van der Waals surface area contributed by atoms with Gasteiger partial charge in [-0.2, -0.15) is 4.31 Å². The molecule has 2 amide bonds. The number of carboxylic acid groups (broad SMARTS) is 1. The molecule has 5 atom stereocenters. The molecule has 1 saturated carbocycles. The van der Waals surface area contributed by atoms with Crippen LogP contribution in [-0.4, -0.2) is 98.8 Å². The Kier molecular flexibility index (Phi) is 11.8. The highest BCUT2D eigenvalue weighted by molar-refractivity contribution is 7.89. The Labute approximate surface area is 300 Å². The molecule has 4 aliphatic rings. The van der Waals surface area contributed by atoms with Gasteiger partial charge in [-0.1, -0.05) is 57.0 Å². The molecule has 3 fully saturated rings. The summed E-state index contributed by atoms with van der Waals surface area (Å²) in [6.07, 6.45) is 2.43. The number of carbonyl (C=O) groups excluding carboxylic acids is 2. The molecule has 3 aliphatic heterocycles. The average Bonchev–Trinajstić information content (AvgIpc) is 3.93. The summed E-state index contributed by atoms with van der Waals surface area (Å²) in [4.78, 5) is 26.6. The fourth-order valence-corrected chi connectivity index (χ4v) is 9.62. The molecule has 14 heteroatoms. The number of aliphatic hydroxyl groups excluding tert-OH is 1. The number of rotatable bonds is 16. The van der Waals surface area contributed by atoms with E-state index in [1.54, 1.807) is 0 Å². The van der Waals surface area contributed by atoms with Crippen molar-refractivity contribution in [3.8, 4) is 11.5 Å². The van der Waals surface area contributed by atoms with E-state index in [2.05, 4.69) is 5.32 Å². The highest BCUT2D eigenvalue weighted by Gasteiger charge is 2.47. The number of nitrogens with one attached hydrogen (secondary N) is 1. The van der Waals surface area contributed by atoms with Gasteiger partial charge in [0.1, 0.15) is 6.09 Å². The molecule has 51 heavy (non-hydrogen) atoms. The van der Waals surface area contributed by atoms with Crippen LogP contribution in [0.2, 0.25) is 0 Å². The molecular weight excluding hydrogens is 678 g/mol. The van der Waals surface area contributed by atoms with Gasteiger partial charge in [0.25, 0.3) is 0 Å². The predicted octanol–water partition coefficient (Wildman–Crippen LogP) is 2.90. The smallest absolute Gasteiger partial charge is 0.243 e. The van der Waals surface area contributed by atoms with E-state index in [1.165, 1.54) is 22.5 Å². The van der Waals surface area contributed by atoms with Crippen LogP contribution in [0.1, 0.15) is 64.4 Å². The minimum absolute atomic E-state index is 0.0197. The van der Waals surface area contributed by atoms with E-state index in [0.717, 1.165) is 36.1 Å². The molecule has 0 radical (unpaired) electrons. The minimum atomic E-state index is -4.25. The van der Waals surface area contributed by atoms with E-state index in [4.69, 9.17) is 18.9 Å². The maximum absolute atomic E-state index is 14.5. The fourth-order valence-electron chi connectivity index (χ4n) is 7.95. The number of ether oxygens (including phenoxy) is 4. The lowest BCUT2D eigenvalue weighted by atomic mass is 9.87. The molecule has 2 aromatic carbocycles. The van der Waals surface area contributed by atoms with Crippen LogP contribution in [0.25, 0.3) is 0 Å². The van der Waals surface area contributed by atoms with Crippen molar-refractivity contribution >= 4 is 22.0 Å². The molecule has 2 N–H and O–H groups in total. The Morgan fingerprint density at radius 3 is 2.53 bits per heavy atom. The van der Waals surface area contributed by atoms with E-state index in [9.17, 15) is 28.2 Å². The van der Waals surface area contributed by atoms with Gasteiger partial charge in [0.15, 0.2) is 17.8 Å². The third kappa shape index (κ3) is 8.79. The molecule has 280 valence electrons. The first kappa shape index (κ1) is 37.3.